The molecule has 0 aromatic carbocycles. The first kappa shape index (κ1) is 9.62. The molecule has 0 spiro atoms. The van der Waals surface area contributed by atoms with Gasteiger partial charge in [-0.3, -0.25) is 4.79 Å². The number of aliphatic hydroxyl groups is 1. The number of carbonyl (C=O) groups is 1. The number of carbonyl (C=O) groups excluding carboxylic acids is 1. The Hall–Kier alpha value is -0.930. The van der Waals surface area contributed by atoms with Crippen LogP contribution in [-0.4, -0.2) is 21.5 Å². The molecule has 0 amide bonds. The van der Waals surface area contributed by atoms with Crippen LogP contribution in [0, 0.1) is 0 Å². The van der Waals surface area contributed by atoms with E-state index in [9.17, 15) is 9.90 Å². The van der Waals surface area contributed by atoms with Crippen molar-refractivity contribution in [3.63, 3.8) is 0 Å². The summed E-state index contributed by atoms with van der Waals surface area (Å²) in [5.41, 5.74) is -0.0673. The Bertz CT molecular complexity index is 401. The molecule has 0 bridgehead atoms. The molecule has 1 aromatic heterocycles. The van der Waals surface area contributed by atoms with Gasteiger partial charge in [0.15, 0.2) is 5.78 Å². The van der Waals surface area contributed by atoms with Crippen LogP contribution in [-0.2, 0) is 6.42 Å². The summed E-state index contributed by atoms with van der Waals surface area (Å²) in [7, 11) is 0. The van der Waals surface area contributed by atoms with Gasteiger partial charge in [-0.1, -0.05) is 11.6 Å². The van der Waals surface area contributed by atoms with Crippen molar-refractivity contribution in [1.82, 2.24) is 4.98 Å². The second-order valence-electron chi connectivity index (χ2n) is 3.73. The monoisotopic (exact) mass is 211 g/mol. The molecule has 1 aliphatic rings. The minimum Gasteiger partial charge on any atom is -0.382 e. The Labute approximate surface area is 86.7 Å². The first-order valence-corrected chi connectivity index (χ1v) is 4.81. The molecule has 0 aliphatic heterocycles. The predicted octanol–water partition coefficient (Wildman–Crippen LogP) is 1.61. The van der Waals surface area contributed by atoms with Gasteiger partial charge >= 0.3 is 0 Å². The first-order chi connectivity index (χ1) is 6.50. The highest BCUT2D eigenvalue weighted by atomic mass is 35.5. The number of aryl methyl sites for hydroxylation is 1. The van der Waals surface area contributed by atoms with Crippen LogP contribution in [0.1, 0.15) is 29.4 Å². The molecule has 1 aromatic rings. The number of ketones is 1. The van der Waals surface area contributed by atoms with E-state index in [1.54, 1.807) is 12.1 Å². The molecule has 1 N–H and O–H groups in total. The molecule has 1 atom stereocenters. The van der Waals surface area contributed by atoms with Gasteiger partial charge in [0.2, 0.25) is 0 Å². The van der Waals surface area contributed by atoms with Crippen LogP contribution in [0.15, 0.2) is 12.1 Å². The van der Waals surface area contributed by atoms with E-state index in [-0.39, 0.29) is 5.78 Å². The van der Waals surface area contributed by atoms with Gasteiger partial charge in [-0.25, -0.2) is 4.98 Å². The normalized spacial score (nSPS) is 26.1. The Kier molecular flexibility index (Phi) is 2.09. The molecule has 14 heavy (non-hydrogen) atoms. The van der Waals surface area contributed by atoms with Crippen LogP contribution in [0.3, 0.4) is 0 Å². The topological polar surface area (TPSA) is 50.2 Å². The van der Waals surface area contributed by atoms with Crippen molar-refractivity contribution in [3.05, 3.63) is 28.5 Å². The molecule has 4 heteroatoms. The summed E-state index contributed by atoms with van der Waals surface area (Å²) in [4.78, 5) is 15.8. The summed E-state index contributed by atoms with van der Waals surface area (Å²) in [6.07, 6.45) is 1.00. The molecule has 0 fully saturated rings. The van der Waals surface area contributed by atoms with E-state index in [2.05, 4.69) is 4.98 Å². The summed E-state index contributed by atoms with van der Waals surface area (Å²) in [6.45, 7) is 1.53. The number of nitrogens with zero attached hydrogens (tertiary/aromatic N) is 1. The van der Waals surface area contributed by atoms with E-state index in [4.69, 9.17) is 11.6 Å². The number of halogens is 1. The van der Waals surface area contributed by atoms with Gasteiger partial charge in [-0.2, -0.15) is 0 Å². The lowest BCUT2D eigenvalue weighted by atomic mass is 9.83. The zero-order chi connectivity index (χ0) is 10.3. The Morgan fingerprint density at radius 3 is 3.00 bits per heavy atom. The van der Waals surface area contributed by atoms with Crippen LogP contribution in [0.4, 0.5) is 0 Å². The maximum absolute atomic E-state index is 11.7. The van der Waals surface area contributed by atoms with Crippen LogP contribution in [0.25, 0.3) is 0 Å². The largest absolute Gasteiger partial charge is 0.382 e. The third-order valence-electron chi connectivity index (χ3n) is 2.52. The van der Waals surface area contributed by atoms with Gasteiger partial charge in [0.05, 0.1) is 5.69 Å². The second-order valence-corrected chi connectivity index (χ2v) is 4.12. The van der Waals surface area contributed by atoms with Crippen LogP contribution < -0.4 is 0 Å². The van der Waals surface area contributed by atoms with Crippen LogP contribution >= 0.6 is 11.6 Å². The van der Waals surface area contributed by atoms with Gasteiger partial charge in [0.25, 0.3) is 0 Å². The lowest BCUT2D eigenvalue weighted by Gasteiger charge is -2.27. The molecule has 0 saturated carbocycles. The third-order valence-corrected chi connectivity index (χ3v) is 2.73. The quantitative estimate of drug-likeness (QED) is 0.664. The Balaban J connectivity index is 2.52. The highest BCUT2D eigenvalue weighted by molar-refractivity contribution is 6.29. The smallest absolute Gasteiger partial charge is 0.195 e. The summed E-state index contributed by atoms with van der Waals surface area (Å²) in [5.74, 6) is -0.261. The van der Waals surface area contributed by atoms with Gasteiger partial charge in [-0.05, 0) is 31.9 Å². The van der Waals surface area contributed by atoms with E-state index < -0.39 is 5.60 Å². The fourth-order valence-corrected chi connectivity index (χ4v) is 1.80. The summed E-state index contributed by atoms with van der Waals surface area (Å²) >= 11 is 5.71. The maximum atomic E-state index is 11.7. The number of fused-ring (bicyclic) bond motifs is 1. The van der Waals surface area contributed by atoms with E-state index in [0.29, 0.717) is 29.3 Å². The van der Waals surface area contributed by atoms with Crippen molar-refractivity contribution >= 4 is 17.4 Å². The Morgan fingerprint density at radius 1 is 1.57 bits per heavy atom. The van der Waals surface area contributed by atoms with Gasteiger partial charge in [0, 0.05) is 5.56 Å². The van der Waals surface area contributed by atoms with Gasteiger partial charge in [-0.15, -0.1) is 0 Å². The van der Waals surface area contributed by atoms with E-state index in [0.717, 1.165) is 0 Å². The molecule has 0 saturated heterocycles. The molecule has 1 heterocycles. The minimum atomic E-state index is -1.25. The number of aromatic nitrogens is 1. The number of hydrogen-bond donors (Lipinski definition) is 1. The summed E-state index contributed by atoms with van der Waals surface area (Å²) < 4.78 is 0. The minimum absolute atomic E-state index is 0.261. The van der Waals surface area contributed by atoms with E-state index in [1.807, 2.05) is 0 Å². The zero-order valence-corrected chi connectivity index (χ0v) is 8.51. The van der Waals surface area contributed by atoms with Crippen molar-refractivity contribution in [3.8, 4) is 0 Å². The highest BCUT2D eigenvalue weighted by Gasteiger charge is 2.36. The number of pyridine rings is 1. The molecule has 3 nitrogen and oxygen atoms in total. The molecule has 74 valence electrons. The highest BCUT2D eigenvalue weighted by Crippen LogP contribution is 2.28. The van der Waals surface area contributed by atoms with E-state index >= 15 is 0 Å². The standard InChI is InChI=1S/C10H10ClNO2/c1-10(14)5-4-7-6(9(10)13)2-3-8(11)12-7/h2-3,14H,4-5H2,1H3. The Morgan fingerprint density at radius 2 is 2.29 bits per heavy atom. The second kappa shape index (κ2) is 3.04. The number of Topliss-reactive ketones (excluding diaryl/α,β-unsaturated/α-hetero) is 1. The first-order valence-electron chi connectivity index (χ1n) is 4.43. The van der Waals surface area contributed by atoms with Crippen molar-refractivity contribution in [1.29, 1.82) is 0 Å². The molecule has 1 aliphatic carbocycles. The van der Waals surface area contributed by atoms with Crippen LogP contribution in [0.5, 0.6) is 0 Å². The fraction of sp³-hybridized carbons (Fsp3) is 0.400. The van der Waals surface area contributed by atoms with Crippen molar-refractivity contribution in [2.75, 3.05) is 0 Å². The molecular weight excluding hydrogens is 202 g/mol. The summed E-state index contributed by atoms with van der Waals surface area (Å²) in [6, 6.07) is 3.19. The average molecular weight is 212 g/mol. The predicted molar refractivity (Wildman–Crippen MR) is 52.5 cm³/mol. The zero-order valence-electron chi connectivity index (χ0n) is 7.75. The third kappa shape index (κ3) is 1.42. The average Bonchev–Trinajstić information content (AvgIpc) is 2.12. The molecular formula is C10H10ClNO2. The number of rotatable bonds is 0. The molecule has 2 rings (SSSR count). The van der Waals surface area contributed by atoms with Crippen molar-refractivity contribution < 1.29 is 9.90 Å². The van der Waals surface area contributed by atoms with Crippen LogP contribution in [0.2, 0.25) is 5.15 Å². The number of hydrogen-bond acceptors (Lipinski definition) is 3. The fourth-order valence-electron chi connectivity index (χ4n) is 1.64. The van der Waals surface area contributed by atoms with E-state index in [1.165, 1.54) is 6.92 Å². The maximum Gasteiger partial charge on any atom is 0.195 e. The van der Waals surface area contributed by atoms with Crippen molar-refractivity contribution in [2.45, 2.75) is 25.4 Å². The van der Waals surface area contributed by atoms with Gasteiger partial charge < -0.3 is 5.11 Å². The molecule has 0 radical (unpaired) electrons. The SMILES string of the molecule is CC1(O)CCc2nc(Cl)ccc2C1=O. The molecule has 1 unspecified atom stereocenters. The lowest BCUT2D eigenvalue weighted by molar-refractivity contribution is 0.0338. The van der Waals surface area contributed by atoms with Gasteiger partial charge in [0.1, 0.15) is 10.8 Å². The van der Waals surface area contributed by atoms with Crippen molar-refractivity contribution in [2.24, 2.45) is 0 Å². The lowest BCUT2D eigenvalue weighted by Crippen LogP contribution is -2.39. The summed E-state index contributed by atoms with van der Waals surface area (Å²) in [5, 5.41) is 10.1.